The molecule has 1 unspecified atom stereocenters. The number of morpholine rings is 1. The third-order valence-electron chi connectivity index (χ3n) is 5.15. The highest BCUT2D eigenvalue weighted by molar-refractivity contribution is 5.81. The van der Waals surface area contributed by atoms with Crippen molar-refractivity contribution in [1.29, 1.82) is 0 Å². The molecule has 0 aromatic heterocycles. The number of aliphatic imine (C=N–C) groups is 1. The summed E-state index contributed by atoms with van der Waals surface area (Å²) in [5.74, 6) is 1.21. The number of rotatable bonds is 9. The Hall–Kier alpha value is -2.12. The Kier molecular flexibility index (Phi) is 8.31. The summed E-state index contributed by atoms with van der Waals surface area (Å²) in [6.45, 7) is 10.6. The minimum atomic E-state index is 0.181. The van der Waals surface area contributed by atoms with Crippen molar-refractivity contribution < 1.29 is 9.53 Å². The van der Waals surface area contributed by atoms with E-state index in [0.29, 0.717) is 25.7 Å². The summed E-state index contributed by atoms with van der Waals surface area (Å²) in [6.07, 6.45) is 2.37. The number of hydrogen-bond acceptors (Lipinski definition) is 4. The molecule has 1 aliphatic heterocycles. The van der Waals surface area contributed by atoms with Gasteiger partial charge in [0.25, 0.3) is 0 Å². The van der Waals surface area contributed by atoms with E-state index in [1.165, 1.54) is 11.1 Å². The van der Waals surface area contributed by atoms with Gasteiger partial charge in [-0.2, -0.15) is 0 Å². The van der Waals surface area contributed by atoms with Gasteiger partial charge in [-0.05, 0) is 37.8 Å². The average Bonchev–Trinajstić information content (AvgIpc) is 3.55. The standard InChI is InChI=1S/C22H35N5O2/c1-3-23-22(25-10-9-24-21(28)20-7-8-20)26-14-18-5-4-6-19(13-18)16-27-11-12-29-17(2)15-27/h4-6,13,17,20H,3,7-12,14-16H2,1-2H3,(H,24,28)(H2,23,25,26). The third kappa shape index (κ3) is 7.66. The van der Waals surface area contributed by atoms with Gasteiger partial charge in [-0.25, -0.2) is 4.99 Å². The highest BCUT2D eigenvalue weighted by Gasteiger charge is 2.28. The Morgan fingerprint density at radius 2 is 2.00 bits per heavy atom. The molecule has 160 valence electrons. The Morgan fingerprint density at radius 3 is 2.76 bits per heavy atom. The number of nitrogens with one attached hydrogen (secondary N) is 3. The number of amides is 1. The normalized spacial score (nSPS) is 20.3. The first kappa shape index (κ1) is 21.6. The van der Waals surface area contributed by atoms with Crippen LogP contribution in [0.4, 0.5) is 0 Å². The number of ether oxygens (including phenoxy) is 1. The fourth-order valence-corrected chi connectivity index (χ4v) is 3.49. The average molecular weight is 402 g/mol. The maximum Gasteiger partial charge on any atom is 0.223 e. The molecule has 0 radical (unpaired) electrons. The highest BCUT2D eigenvalue weighted by Crippen LogP contribution is 2.28. The first-order valence-electron chi connectivity index (χ1n) is 10.9. The monoisotopic (exact) mass is 401 g/mol. The van der Waals surface area contributed by atoms with Gasteiger partial charge in [0.2, 0.25) is 5.91 Å². The molecular weight excluding hydrogens is 366 g/mol. The molecule has 1 heterocycles. The largest absolute Gasteiger partial charge is 0.376 e. The quantitative estimate of drug-likeness (QED) is 0.332. The highest BCUT2D eigenvalue weighted by atomic mass is 16.5. The second-order valence-corrected chi connectivity index (χ2v) is 7.92. The van der Waals surface area contributed by atoms with E-state index in [-0.39, 0.29) is 11.8 Å². The van der Waals surface area contributed by atoms with Gasteiger partial charge in [0.1, 0.15) is 0 Å². The van der Waals surface area contributed by atoms with Crippen LogP contribution in [0.15, 0.2) is 29.3 Å². The number of benzene rings is 1. The van der Waals surface area contributed by atoms with Crippen molar-refractivity contribution in [3.63, 3.8) is 0 Å². The van der Waals surface area contributed by atoms with E-state index in [4.69, 9.17) is 9.73 Å². The molecular formula is C22H35N5O2. The molecule has 0 bridgehead atoms. The van der Waals surface area contributed by atoms with E-state index in [1.807, 2.05) is 0 Å². The summed E-state index contributed by atoms with van der Waals surface area (Å²) in [4.78, 5) is 18.8. The van der Waals surface area contributed by atoms with E-state index >= 15 is 0 Å². The SMILES string of the molecule is CCNC(=NCc1cccc(CN2CCOC(C)C2)c1)NCCNC(=O)C1CC1. The fourth-order valence-electron chi connectivity index (χ4n) is 3.49. The second-order valence-electron chi connectivity index (χ2n) is 7.92. The summed E-state index contributed by atoms with van der Waals surface area (Å²) in [6, 6.07) is 8.65. The minimum Gasteiger partial charge on any atom is -0.376 e. The van der Waals surface area contributed by atoms with Gasteiger partial charge >= 0.3 is 0 Å². The predicted molar refractivity (Wildman–Crippen MR) is 116 cm³/mol. The lowest BCUT2D eigenvalue weighted by atomic mass is 10.1. The van der Waals surface area contributed by atoms with Crippen molar-refractivity contribution >= 4 is 11.9 Å². The topological polar surface area (TPSA) is 78.0 Å². The van der Waals surface area contributed by atoms with Crippen molar-refractivity contribution in [2.75, 3.05) is 39.3 Å². The molecule has 2 fully saturated rings. The molecule has 1 saturated carbocycles. The number of carbonyl (C=O) groups excluding carboxylic acids is 1. The van der Waals surface area contributed by atoms with Crippen LogP contribution in [-0.4, -0.2) is 62.2 Å². The lowest BCUT2D eigenvalue weighted by Crippen LogP contribution is -2.41. The van der Waals surface area contributed by atoms with Crippen LogP contribution < -0.4 is 16.0 Å². The Balaban J connectivity index is 1.46. The molecule has 1 atom stereocenters. The molecule has 7 nitrogen and oxygen atoms in total. The summed E-state index contributed by atoms with van der Waals surface area (Å²) >= 11 is 0. The van der Waals surface area contributed by atoms with Gasteiger partial charge in [0.15, 0.2) is 5.96 Å². The Bertz CT molecular complexity index is 690. The van der Waals surface area contributed by atoms with E-state index in [1.54, 1.807) is 0 Å². The van der Waals surface area contributed by atoms with Crippen LogP contribution >= 0.6 is 0 Å². The number of guanidine groups is 1. The zero-order chi connectivity index (χ0) is 20.5. The van der Waals surface area contributed by atoms with Gasteiger partial charge in [-0.1, -0.05) is 24.3 Å². The maximum absolute atomic E-state index is 11.7. The molecule has 3 rings (SSSR count). The van der Waals surface area contributed by atoms with E-state index in [2.05, 4.69) is 59.0 Å². The van der Waals surface area contributed by atoms with Gasteiger partial charge in [-0.3, -0.25) is 9.69 Å². The predicted octanol–water partition coefficient (Wildman–Crippen LogP) is 1.49. The van der Waals surface area contributed by atoms with Crippen LogP contribution in [0.1, 0.15) is 37.8 Å². The smallest absolute Gasteiger partial charge is 0.223 e. The lowest BCUT2D eigenvalue weighted by molar-refractivity contribution is -0.122. The molecule has 3 N–H and O–H groups in total. The van der Waals surface area contributed by atoms with Crippen molar-refractivity contribution in [2.24, 2.45) is 10.9 Å². The zero-order valence-electron chi connectivity index (χ0n) is 17.7. The Morgan fingerprint density at radius 1 is 1.21 bits per heavy atom. The van der Waals surface area contributed by atoms with Crippen LogP contribution in [0.25, 0.3) is 0 Å². The minimum absolute atomic E-state index is 0.181. The van der Waals surface area contributed by atoms with Crippen molar-refractivity contribution in [1.82, 2.24) is 20.9 Å². The lowest BCUT2D eigenvalue weighted by Gasteiger charge is -2.31. The molecule has 7 heteroatoms. The first-order chi connectivity index (χ1) is 14.1. The van der Waals surface area contributed by atoms with Gasteiger partial charge in [-0.15, -0.1) is 0 Å². The third-order valence-corrected chi connectivity index (χ3v) is 5.15. The summed E-state index contributed by atoms with van der Waals surface area (Å²) < 4.78 is 5.63. The van der Waals surface area contributed by atoms with Crippen LogP contribution in [0.3, 0.4) is 0 Å². The van der Waals surface area contributed by atoms with Gasteiger partial charge in [0.05, 0.1) is 19.3 Å². The molecule has 29 heavy (non-hydrogen) atoms. The van der Waals surface area contributed by atoms with E-state index in [9.17, 15) is 4.79 Å². The van der Waals surface area contributed by atoms with Crippen molar-refractivity contribution in [3.8, 4) is 0 Å². The molecule has 1 amide bonds. The fraction of sp³-hybridized carbons (Fsp3) is 0.636. The van der Waals surface area contributed by atoms with E-state index < -0.39 is 0 Å². The van der Waals surface area contributed by atoms with Crippen molar-refractivity contribution in [3.05, 3.63) is 35.4 Å². The van der Waals surface area contributed by atoms with Crippen LogP contribution in [0, 0.1) is 5.92 Å². The number of nitrogens with zero attached hydrogens (tertiary/aromatic N) is 2. The molecule has 1 saturated heterocycles. The van der Waals surface area contributed by atoms with Crippen LogP contribution in [-0.2, 0) is 22.6 Å². The van der Waals surface area contributed by atoms with Gasteiger partial charge in [0, 0.05) is 45.2 Å². The maximum atomic E-state index is 11.7. The molecule has 2 aliphatic rings. The molecule has 1 aromatic rings. The summed E-state index contributed by atoms with van der Waals surface area (Å²) in [5.41, 5.74) is 2.51. The van der Waals surface area contributed by atoms with Gasteiger partial charge < -0.3 is 20.7 Å². The summed E-state index contributed by atoms with van der Waals surface area (Å²) in [5, 5.41) is 9.53. The first-order valence-corrected chi connectivity index (χ1v) is 10.9. The van der Waals surface area contributed by atoms with E-state index in [0.717, 1.165) is 51.6 Å². The number of carbonyl (C=O) groups is 1. The molecule has 1 aliphatic carbocycles. The second kappa shape index (κ2) is 11.2. The number of hydrogen-bond donors (Lipinski definition) is 3. The molecule has 0 spiro atoms. The van der Waals surface area contributed by atoms with Crippen LogP contribution in [0.5, 0.6) is 0 Å². The van der Waals surface area contributed by atoms with Crippen molar-refractivity contribution in [2.45, 2.75) is 45.9 Å². The molecule has 1 aromatic carbocycles. The zero-order valence-corrected chi connectivity index (χ0v) is 17.7. The van der Waals surface area contributed by atoms with Crippen LogP contribution in [0.2, 0.25) is 0 Å². The summed E-state index contributed by atoms with van der Waals surface area (Å²) in [7, 11) is 0. The Labute approximate surface area is 174 Å².